The lowest BCUT2D eigenvalue weighted by atomic mass is 10.1. The number of carbonyl (C=O) groups excluding carboxylic acids is 2. The van der Waals surface area contributed by atoms with Gasteiger partial charge in [-0.3, -0.25) is 9.89 Å². The van der Waals surface area contributed by atoms with E-state index in [4.69, 9.17) is 14.5 Å². The number of fused-ring (bicyclic) bond motifs is 2. The van der Waals surface area contributed by atoms with Gasteiger partial charge in [0.2, 0.25) is 0 Å². The Hall–Kier alpha value is -3.99. The minimum Gasteiger partial charge on any atom is -0.444 e. The maximum absolute atomic E-state index is 14.0. The van der Waals surface area contributed by atoms with Crippen molar-refractivity contribution >= 4 is 33.9 Å². The van der Waals surface area contributed by atoms with Gasteiger partial charge in [-0.2, -0.15) is 5.10 Å². The van der Waals surface area contributed by atoms with E-state index in [1.54, 1.807) is 52.1 Å². The summed E-state index contributed by atoms with van der Waals surface area (Å²) in [6.07, 6.45) is 0.0561. The Kier molecular flexibility index (Phi) is 7.72. The number of imidazole rings is 1. The molecule has 0 bridgehead atoms. The standard InChI is InChI=1S/C26H31FN6O4/c1-26(2,3)37-25(35)29-11-5-10-28-24(34)16-6-8-19-18(14-16)22(32-31-19)23-30-20-9-7-17(27)15-21(20)33(23)12-13-36-4/h6-9,14-15H,5,10-13H2,1-4H3,(H,28,34)(H,29,35)(H,31,32). The fourth-order valence-corrected chi connectivity index (χ4v) is 3.91. The summed E-state index contributed by atoms with van der Waals surface area (Å²) in [6.45, 7) is 7.01. The number of halogens is 1. The van der Waals surface area contributed by atoms with Crippen LogP contribution in [0.25, 0.3) is 33.5 Å². The molecule has 0 fully saturated rings. The van der Waals surface area contributed by atoms with Crippen LogP contribution < -0.4 is 10.6 Å². The summed E-state index contributed by atoms with van der Waals surface area (Å²) in [5.74, 6) is -0.0549. The van der Waals surface area contributed by atoms with E-state index in [-0.39, 0.29) is 11.7 Å². The van der Waals surface area contributed by atoms with Gasteiger partial charge in [-0.25, -0.2) is 14.2 Å². The Bertz CT molecular complexity index is 1420. The minimum absolute atomic E-state index is 0.249. The third-order valence-electron chi connectivity index (χ3n) is 5.57. The number of amides is 2. The molecule has 0 spiro atoms. The van der Waals surface area contributed by atoms with Gasteiger partial charge in [-0.15, -0.1) is 0 Å². The van der Waals surface area contributed by atoms with Crippen molar-refractivity contribution in [3.8, 4) is 11.5 Å². The number of alkyl carbamates (subject to hydrolysis) is 1. The third-order valence-corrected chi connectivity index (χ3v) is 5.57. The molecule has 11 heteroatoms. The summed E-state index contributed by atoms with van der Waals surface area (Å²) >= 11 is 0. The summed E-state index contributed by atoms with van der Waals surface area (Å²) in [6, 6.07) is 9.68. The van der Waals surface area contributed by atoms with Crippen molar-refractivity contribution in [3.05, 3.63) is 47.8 Å². The molecule has 0 saturated carbocycles. The van der Waals surface area contributed by atoms with Crippen LogP contribution in [0.4, 0.5) is 9.18 Å². The largest absolute Gasteiger partial charge is 0.444 e. The van der Waals surface area contributed by atoms with Crippen molar-refractivity contribution in [2.75, 3.05) is 26.8 Å². The van der Waals surface area contributed by atoms with E-state index >= 15 is 0 Å². The number of ether oxygens (including phenoxy) is 2. The molecule has 0 aliphatic heterocycles. The predicted octanol–water partition coefficient (Wildman–Crippen LogP) is 4.01. The molecule has 3 N–H and O–H groups in total. The molecular formula is C26H31FN6O4. The van der Waals surface area contributed by atoms with Gasteiger partial charge in [0, 0.05) is 37.7 Å². The zero-order valence-electron chi connectivity index (χ0n) is 21.4. The average Bonchev–Trinajstić information content (AvgIpc) is 3.41. The lowest BCUT2D eigenvalue weighted by Crippen LogP contribution is -2.34. The molecule has 0 aliphatic carbocycles. The number of nitrogens with zero attached hydrogens (tertiary/aromatic N) is 3. The van der Waals surface area contributed by atoms with Gasteiger partial charge in [0.05, 0.1) is 23.2 Å². The van der Waals surface area contributed by atoms with Crippen LogP contribution in [0.2, 0.25) is 0 Å². The maximum atomic E-state index is 14.0. The summed E-state index contributed by atoms with van der Waals surface area (Å²) in [7, 11) is 1.60. The van der Waals surface area contributed by atoms with Crippen molar-refractivity contribution in [2.24, 2.45) is 0 Å². The number of rotatable bonds is 9. The zero-order valence-corrected chi connectivity index (χ0v) is 21.4. The van der Waals surface area contributed by atoms with Crippen LogP contribution in [0.5, 0.6) is 0 Å². The van der Waals surface area contributed by atoms with Crippen molar-refractivity contribution in [2.45, 2.75) is 39.3 Å². The highest BCUT2D eigenvalue weighted by atomic mass is 19.1. The molecule has 4 rings (SSSR count). The van der Waals surface area contributed by atoms with Gasteiger partial charge in [0.25, 0.3) is 5.91 Å². The predicted molar refractivity (Wildman–Crippen MR) is 138 cm³/mol. The van der Waals surface area contributed by atoms with Gasteiger partial charge < -0.3 is 24.7 Å². The summed E-state index contributed by atoms with van der Waals surface area (Å²) in [5, 5.41) is 13.7. The summed E-state index contributed by atoms with van der Waals surface area (Å²) in [5.41, 5.74) is 2.46. The first-order valence-corrected chi connectivity index (χ1v) is 12.0. The van der Waals surface area contributed by atoms with Gasteiger partial charge >= 0.3 is 6.09 Å². The number of nitrogens with one attached hydrogen (secondary N) is 3. The zero-order chi connectivity index (χ0) is 26.6. The Balaban J connectivity index is 1.49. The summed E-state index contributed by atoms with van der Waals surface area (Å²) < 4.78 is 26.3. The number of hydrogen-bond acceptors (Lipinski definition) is 6. The van der Waals surface area contributed by atoms with Crippen molar-refractivity contribution < 1.29 is 23.5 Å². The molecule has 4 aromatic rings. The number of methoxy groups -OCH3 is 1. The minimum atomic E-state index is -0.563. The topological polar surface area (TPSA) is 123 Å². The molecule has 0 saturated heterocycles. The van der Waals surface area contributed by atoms with E-state index in [0.29, 0.717) is 66.2 Å². The first-order valence-electron chi connectivity index (χ1n) is 12.0. The number of hydrogen-bond donors (Lipinski definition) is 3. The van der Waals surface area contributed by atoms with Gasteiger partial charge in [0.1, 0.15) is 17.1 Å². The molecule has 0 aliphatic rings. The molecule has 2 amide bonds. The van der Waals surface area contributed by atoms with Gasteiger partial charge in [-0.05, 0) is 63.6 Å². The van der Waals surface area contributed by atoms with E-state index in [9.17, 15) is 14.0 Å². The van der Waals surface area contributed by atoms with Crippen molar-refractivity contribution in [3.63, 3.8) is 0 Å². The fraction of sp³-hybridized carbons (Fsp3) is 0.385. The Labute approximate surface area is 213 Å². The van der Waals surface area contributed by atoms with Crippen LogP contribution >= 0.6 is 0 Å². The van der Waals surface area contributed by atoms with Crippen LogP contribution in [0, 0.1) is 5.82 Å². The SMILES string of the molecule is COCCn1c(-c2n[nH]c3ccc(C(=O)NCCCNC(=O)OC(C)(C)C)cc23)nc2ccc(F)cc21. The lowest BCUT2D eigenvalue weighted by molar-refractivity contribution is 0.0527. The molecule has 10 nitrogen and oxygen atoms in total. The second-order valence-electron chi connectivity index (χ2n) is 9.58. The van der Waals surface area contributed by atoms with E-state index in [0.717, 1.165) is 5.52 Å². The number of aromatic amines is 1. The quantitative estimate of drug-likeness (QED) is 0.293. The Morgan fingerprint density at radius 1 is 1.11 bits per heavy atom. The van der Waals surface area contributed by atoms with E-state index in [2.05, 4.69) is 20.8 Å². The van der Waals surface area contributed by atoms with E-state index in [1.165, 1.54) is 12.1 Å². The van der Waals surface area contributed by atoms with Crippen LogP contribution in [-0.2, 0) is 16.0 Å². The molecule has 0 radical (unpaired) electrons. The van der Waals surface area contributed by atoms with Crippen molar-refractivity contribution in [1.29, 1.82) is 0 Å². The van der Waals surface area contributed by atoms with Crippen LogP contribution in [0.3, 0.4) is 0 Å². The van der Waals surface area contributed by atoms with E-state index in [1.807, 2.05) is 4.57 Å². The van der Waals surface area contributed by atoms with Gasteiger partial charge in [-0.1, -0.05) is 0 Å². The second-order valence-corrected chi connectivity index (χ2v) is 9.58. The molecule has 0 unspecified atom stereocenters. The molecular weight excluding hydrogens is 479 g/mol. The second kappa shape index (κ2) is 11.0. The molecule has 0 atom stereocenters. The first-order chi connectivity index (χ1) is 17.7. The Morgan fingerprint density at radius 2 is 1.89 bits per heavy atom. The highest BCUT2D eigenvalue weighted by Crippen LogP contribution is 2.30. The maximum Gasteiger partial charge on any atom is 0.407 e. The smallest absolute Gasteiger partial charge is 0.407 e. The normalized spacial score (nSPS) is 11.7. The summed E-state index contributed by atoms with van der Waals surface area (Å²) in [4.78, 5) is 29.2. The molecule has 2 aromatic carbocycles. The fourth-order valence-electron chi connectivity index (χ4n) is 3.91. The van der Waals surface area contributed by atoms with Crippen LogP contribution in [0.1, 0.15) is 37.6 Å². The van der Waals surface area contributed by atoms with Crippen molar-refractivity contribution in [1.82, 2.24) is 30.4 Å². The van der Waals surface area contributed by atoms with E-state index < -0.39 is 11.7 Å². The molecule has 2 aromatic heterocycles. The highest BCUT2D eigenvalue weighted by molar-refractivity contribution is 6.01. The monoisotopic (exact) mass is 510 g/mol. The number of carbonyl (C=O) groups is 2. The number of benzene rings is 2. The molecule has 37 heavy (non-hydrogen) atoms. The first kappa shape index (κ1) is 26.1. The van der Waals surface area contributed by atoms with Gasteiger partial charge in [0.15, 0.2) is 5.82 Å². The number of aromatic nitrogens is 4. The highest BCUT2D eigenvalue weighted by Gasteiger charge is 2.19. The molecule has 196 valence electrons. The third kappa shape index (κ3) is 6.23. The number of H-pyrrole nitrogens is 1. The average molecular weight is 511 g/mol. The molecule has 2 heterocycles. The Morgan fingerprint density at radius 3 is 2.65 bits per heavy atom. The van der Waals surface area contributed by atoms with Crippen LogP contribution in [-0.4, -0.2) is 64.2 Å². The lowest BCUT2D eigenvalue weighted by Gasteiger charge is -2.19. The van der Waals surface area contributed by atoms with Crippen LogP contribution in [0.15, 0.2) is 36.4 Å².